The van der Waals surface area contributed by atoms with Gasteiger partial charge < -0.3 is 18.7 Å². The second kappa shape index (κ2) is 7.86. The maximum atomic E-state index is 11.7. The number of aromatic nitrogens is 3. The molecule has 3 heterocycles. The lowest BCUT2D eigenvalue weighted by molar-refractivity contribution is 0.0596. The van der Waals surface area contributed by atoms with Crippen LogP contribution in [-0.2, 0) is 11.3 Å². The van der Waals surface area contributed by atoms with E-state index in [9.17, 15) is 4.79 Å². The molecule has 8 nitrogen and oxygen atoms in total. The first-order valence-electron chi connectivity index (χ1n) is 8.16. The molecule has 0 unspecified atom stereocenters. The fourth-order valence-corrected chi connectivity index (χ4v) is 2.47. The SMILES string of the molecule is COC(=O)c1cnc(OCc2c(-c3ccc(C)nc3)noc2C)cc1OC. The van der Waals surface area contributed by atoms with Gasteiger partial charge in [0.25, 0.3) is 0 Å². The molecule has 0 spiro atoms. The van der Waals surface area contributed by atoms with Crippen LogP contribution in [0.25, 0.3) is 11.3 Å². The number of carbonyl (C=O) groups excluding carboxylic acids is 1. The minimum atomic E-state index is -0.532. The molecule has 0 radical (unpaired) electrons. The Morgan fingerprint density at radius 1 is 1.15 bits per heavy atom. The molecule has 0 aliphatic heterocycles. The van der Waals surface area contributed by atoms with E-state index in [1.807, 2.05) is 26.0 Å². The van der Waals surface area contributed by atoms with Crippen LogP contribution in [0.5, 0.6) is 11.6 Å². The van der Waals surface area contributed by atoms with Gasteiger partial charge in [0.05, 0.1) is 19.8 Å². The van der Waals surface area contributed by atoms with Crippen molar-refractivity contribution >= 4 is 5.97 Å². The fourth-order valence-electron chi connectivity index (χ4n) is 2.47. The first-order chi connectivity index (χ1) is 13.0. The molecule has 27 heavy (non-hydrogen) atoms. The largest absolute Gasteiger partial charge is 0.496 e. The average Bonchev–Trinajstić information content (AvgIpc) is 3.06. The zero-order valence-electron chi connectivity index (χ0n) is 15.5. The second-order valence-corrected chi connectivity index (χ2v) is 5.76. The van der Waals surface area contributed by atoms with Gasteiger partial charge in [0, 0.05) is 29.7 Å². The highest BCUT2D eigenvalue weighted by atomic mass is 16.5. The van der Waals surface area contributed by atoms with Gasteiger partial charge in [-0.3, -0.25) is 4.98 Å². The number of pyridine rings is 2. The van der Waals surface area contributed by atoms with Crippen molar-refractivity contribution in [1.29, 1.82) is 0 Å². The molecule has 0 aliphatic rings. The standard InChI is InChI=1S/C19H19N3O5/c1-11-5-6-13(8-20-11)18-15(12(2)27-22-18)10-26-17-7-16(24-3)14(9-21-17)19(23)25-4/h5-9H,10H2,1-4H3. The number of hydrogen-bond acceptors (Lipinski definition) is 8. The summed E-state index contributed by atoms with van der Waals surface area (Å²) in [6.07, 6.45) is 3.09. The van der Waals surface area contributed by atoms with Crippen LogP contribution in [-0.4, -0.2) is 35.3 Å². The molecule has 0 amide bonds. The van der Waals surface area contributed by atoms with Crippen molar-refractivity contribution in [3.8, 4) is 22.9 Å². The van der Waals surface area contributed by atoms with Crippen molar-refractivity contribution in [2.24, 2.45) is 0 Å². The van der Waals surface area contributed by atoms with E-state index in [1.54, 1.807) is 6.20 Å². The van der Waals surface area contributed by atoms with E-state index in [2.05, 4.69) is 15.1 Å². The van der Waals surface area contributed by atoms with E-state index in [0.717, 1.165) is 16.8 Å². The van der Waals surface area contributed by atoms with E-state index in [4.69, 9.17) is 18.7 Å². The summed E-state index contributed by atoms with van der Waals surface area (Å²) in [5.74, 6) is 0.726. The van der Waals surface area contributed by atoms with E-state index in [1.165, 1.54) is 26.5 Å². The van der Waals surface area contributed by atoms with Crippen molar-refractivity contribution in [3.63, 3.8) is 0 Å². The molecule has 0 aliphatic carbocycles. The molecular formula is C19H19N3O5. The van der Waals surface area contributed by atoms with Crippen molar-refractivity contribution in [1.82, 2.24) is 15.1 Å². The van der Waals surface area contributed by atoms with Gasteiger partial charge >= 0.3 is 5.97 Å². The van der Waals surface area contributed by atoms with Crippen LogP contribution in [0, 0.1) is 13.8 Å². The van der Waals surface area contributed by atoms with Crippen LogP contribution in [0.2, 0.25) is 0 Å². The third kappa shape index (κ3) is 3.89. The lowest BCUT2D eigenvalue weighted by atomic mass is 10.1. The summed E-state index contributed by atoms with van der Waals surface area (Å²) in [5.41, 5.74) is 3.43. The van der Waals surface area contributed by atoms with Crippen molar-refractivity contribution in [2.45, 2.75) is 20.5 Å². The van der Waals surface area contributed by atoms with Crippen LogP contribution >= 0.6 is 0 Å². The highest BCUT2D eigenvalue weighted by molar-refractivity contribution is 5.92. The summed E-state index contributed by atoms with van der Waals surface area (Å²) in [4.78, 5) is 20.1. The molecular weight excluding hydrogens is 350 g/mol. The van der Waals surface area contributed by atoms with Crippen molar-refractivity contribution in [2.75, 3.05) is 14.2 Å². The molecule has 0 bridgehead atoms. The van der Waals surface area contributed by atoms with Crippen LogP contribution in [0.3, 0.4) is 0 Å². The van der Waals surface area contributed by atoms with Crippen molar-refractivity contribution in [3.05, 3.63) is 53.2 Å². The van der Waals surface area contributed by atoms with Gasteiger partial charge in [-0.05, 0) is 26.0 Å². The summed E-state index contributed by atoms with van der Waals surface area (Å²) in [5, 5.41) is 4.11. The number of nitrogens with zero attached hydrogens (tertiary/aromatic N) is 3. The molecule has 8 heteroatoms. The molecule has 3 rings (SSSR count). The van der Waals surface area contributed by atoms with Gasteiger partial charge in [-0.2, -0.15) is 0 Å². The van der Waals surface area contributed by atoms with Gasteiger partial charge in [0.15, 0.2) is 0 Å². The Labute approximate surface area is 156 Å². The summed E-state index contributed by atoms with van der Waals surface area (Å²) in [7, 11) is 2.75. The zero-order chi connectivity index (χ0) is 19.4. The molecule has 0 atom stereocenters. The Balaban J connectivity index is 1.82. The minimum absolute atomic E-state index is 0.187. The van der Waals surface area contributed by atoms with Gasteiger partial charge in [-0.25, -0.2) is 9.78 Å². The average molecular weight is 369 g/mol. The molecule has 3 aromatic rings. The molecule has 0 aromatic carbocycles. The third-order valence-corrected chi connectivity index (χ3v) is 4.00. The Bertz CT molecular complexity index is 950. The Kier molecular flexibility index (Phi) is 5.35. The molecule has 0 N–H and O–H groups in total. The van der Waals surface area contributed by atoms with Gasteiger partial charge in [-0.15, -0.1) is 0 Å². The van der Waals surface area contributed by atoms with Gasteiger partial charge in [-0.1, -0.05) is 5.16 Å². The Morgan fingerprint density at radius 2 is 1.96 bits per heavy atom. The number of carbonyl (C=O) groups is 1. The normalized spacial score (nSPS) is 10.5. The molecule has 140 valence electrons. The van der Waals surface area contributed by atoms with E-state index in [0.29, 0.717) is 23.1 Å². The topological polar surface area (TPSA) is 96.6 Å². The molecule has 0 saturated heterocycles. The number of methoxy groups -OCH3 is 2. The quantitative estimate of drug-likeness (QED) is 0.612. The lowest BCUT2D eigenvalue weighted by Gasteiger charge is -2.10. The number of rotatable bonds is 6. The van der Waals surface area contributed by atoms with E-state index in [-0.39, 0.29) is 12.2 Å². The highest BCUT2D eigenvalue weighted by Crippen LogP contribution is 2.27. The molecule has 3 aromatic heterocycles. The summed E-state index contributed by atoms with van der Waals surface area (Å²) < 4.78 is 21.0. The fraction of sp³-hybridized carbons (Fsp3) is 0.263. The van der Waals surface area contributed by atoms with Crippen LogP contribution in [0.15, 0.2) is 35.1 Å². The van der Waals surface area contributed by atoms with Crippen molar-refractivity contribution < 1.29 is 23.5 Å². The smallest absolute Gasteiger partial charge is 0.343 e. The predicted octanol–water partition coefficient (Wildman–Crippen LogP) is 3.12. The van der Waals surface area contributed by atoms with Crippen LogP contribution < -0.4 is 9.47 Å². The maximum absolute atomic E-state index is 11.7. The third-order valence-electron chi connectivity index (χ3n) is 4.00. The lowest BCUT2D eigenvalue weighted by Crippen LogP contribution is -2.06. The number of hydrogen-bond donors (Lipinski definition) is 0. The number of ether oxygens (including phenoxy) is 3. The Morgan fingerprint density at radius 3 is 2.63 bits per heavy atom. The summed E-state index contributed by atoms with van der Waals surface area (Å²) >= 11 is 0. The van der Waals surface area contributed by atoms with E-state index < -0.39 is 5.97 Å². The monoisotopic (exact) mass is 369 g/mol. The van der Waals surface area contributed by atoms with Gasteiger partial charge in [0.1, 0.15) is 29.4 Å². The second-order valence-electron chi connectivity index (χ2n) is 5.76. The van der Waals surface area contributed by atoms with Gasteiger partial charge in [0.2, 0.25) is 5.88 Å². The minimum Gasteiger partial charge on any atom is -0.496 e. The summed E-state index contributed by atoms with van der Waals surface area (Å²) in [6, 6.07) is 5.36. The maximum Gasteiger partial charge on any atom is 0.343 e. The number of aryl methyl sites for hydroxylation is 2. The van der Waals surface area contributed by atoms with Crippen LogP contribution in [0.4, 0.5) is 0 Å². The first-order valence-corrected chi connectivity index (χ1v) is 8.16. The summed E-state index contributed by atoms with van der Waals surface area (Å²) in [6.45, 7) is 3.91. The highest BCUT2D eigenvalue weighted by Gasteiger charge is 2.18. The number of esters is 1. The van der Waals surface area contributed by atoms with E-state index >= 15 is 0 Å². The Hall–Kier alpha value is -3.42. The predicted molar refractivity (Wildman–Crippen MR) is 95.7 cm³/mol. The molecule has 0 fully saturated rings. The zero-order valence-corrected chi connectivity index (χ0v) is 15.5. The first kappa shape index (κ1) is 18.4. The molecule has 0 saturated carbocycles. The van der Waals surface area contributed by atoms with Crippen LogP contribution in [0.1, 0.15) is 27.4 Å².